The van der Waals surface area contributed by atoms with Crippen LogP contribution in [-0.2, 0) is 0 Å². The summed E-state index contributed by atoms with van der Waals surface area (Å²) in [5.74, 6) is 0.540. The molecule has 0 saturated carbocycles. The molecule has 0 spiro atoms. The van der Waals surface area contributed by atoms with Gasteiger partial charge in [-0.2, -0.15) is 0 Å². The van der Waals surface area contributed by atoms with E-state index in [-0.39, 0.29) is 5.82 Å². The van der Waals surface area contributed by atoms with E-state index in [9.17, 15) is 4.39 Å². The summed E-state index contributed by atoms with van der Waals surface area (Å²) in [7, 11) is 0. The molecule has 5 heteroatoms. The van der Waals surface area contributed by atoms with Crippen LogP contribution in [0.5, 0.6) is 5.75 Å². The molecule has 0 aliphatic carbocycles. The number of aryl methyl sites for hydroxylation is 1. The topological polar surface area (TPSA) is 33.6 Å². The number of hydrogen-bond acceptors (Lipinski definition) is 4. The van der Waals surface area contributed by atoms with E-state index in [1.165, 1.54) is 24.1 Å². The molecule has 1 heterocycles. The van der Waals surface area contributed by atoms with Crippen LogP contribution >= 0.6 is 11.9 Å². The molecule has 120 valence electrons. The second-order valence-corrected chi connectivity index (χ2v) is 6.60. The van der Waals surface area contributed by atoms with Gasteiger partial charge < -0.3 is 9.46 Å². The fraction of sp³-hybridized carbons (Fsp3) is 0.278. The summed E-state index contributed by atoms with van der Waals surface area (Å²) in [4.78, 5) is 4.74. The molecule has 0 bridgehead atoms. The van der Waals surface area contributed by atoms with Crippen molar-refractivity contribution in [3.05, 3.63) is 58.9 Å². The van der Waals surface area contributed by atoms with E-state index >= 15 is 0 Å². The summed E-state index contributed by atoms with van der Waals surface area (Å²) in [5.41, 5.74) is 4.08. The van der Waals surface area contributed by atoms with Gasteiger partial charge in [0.1, 0.15) is 11.6 Å². The number of hydrogen-bond donors (Lipinski definition) is 1. The highest BCUT2D eigenvalue weighted by Gasteiger charge is 2.30. The van der Waals surface area contributed by atoms with Gasteiger partial charge in [0.05, 0.1) is 5.71 Å². The maximum atomic E-state index is 13.2. The van der Waals surface area contributed by atoms with E-state index in [2.05, 4.69) is 10.8 Å². The second kappa shape index (κ2) is 5.89. The Labute approximate surface area is 140 Å². The average molecular weight is 330 g/mol. The molecule has 2 aromatic rings. The number of aliphatic imine (C=N–C) groups is 1. The van der Waals surface area contributed by atoms with Crippen molar-refractivity contribution in [2.24, 2.45) is 4.99 Å². The molecule has 0 saturated heterocycles. The molecular formula is C18H19FN2OS. The maximum Gasteiger partial charge on any atom is 0.195 e. The number of nitrogens with zero attached hydrogens (tertiary/aromatic N) is 1. The van der Waals surface area contributed by atoms with Gasteiger partial charge in [-0.3, -0.25) is 0 Å². The first kappa shape index (κ1) is 15.9. The van der Waals surface area contributed by atoms with Crippen molar-refractivity contribution < 1.29 is 9.13 Å². The zero-order valence-corrected chi connectivity index (χ0v) is 14.4. The van der Waals surface area contributed by atoms with Crippen LogP contribution in [0.15, 0.2) is 41.4 Å². The molecule has 0 fully saturated rings. The zero-order valence-electron chi connectivity index (χ0n) is 13.6. The Balaban J connectivity index is 2.17. The van der Waals surface area contributed by atoms with Crippen LogP contribution in [0.25, 0.3) is 0 Å². The van der Waals surface area contributed by atoms with Crippen molar-refractivity contribution in [1.29, 1.82) is 0 Å². The Hall–Kier alpha value is -2.01. The monoisotopic (exact) mass is 330 g/mol. The number of fused-ring (bicyclic) bond motifs is 1. The Bertz CT molecular complexity index is 769. The second-order valence-electron chi connectivity index (χ2n) is 5.99. The van der Waals surface area contributed by atoms with E-state index in [0.717, 1.165) is 33.8 Å². The van der Waals surface area contributed by atoms with Crippen LogP contribution in [-0.4, -0.2) is 17.7 Å². The van der Waals surface area contributed by atoms with Crippen LogP contribution in [0.1, 0.15) is 30.5 Å². The van der Waals surface area contributed by atoms with Crippen molar-refractivity contribution in [3.63, 3.8) is 0 Å². The van der Waals surface area contributed by atoms with Gasteiger partial charge in [-0.1, -0.05) is 11.9 Å². The van der Waals surface area contributed by atoms with Crippen molar-refractivity contribution >= 4 is 23.3 Å². The minimum Gasteiger partial charge on any atom is -0.466 e. The molecule has 1 aliphatic rings. The van der Waals surface area contributed by atoms with Crippen molar-refractivity contribution in [1.82, 2.24) is 0 Å². The van der Waals surface area contributed by atoms with Gasteiger partial charge in [0.25, 0.3) is 0 Å². The fourth-order valence-corrected chi connectivity index (χ4v) is 3.10. The summed E-state index contributed by atoms with van der Waals surface area (Å²) < 4.78 is 22.5. The van der Waals surface area contributed by atoms with Crippen LogP contribution in [0.4, 0.5) is 10.1 Å². The Kier molecular flexibility index (Phi) is 4.06. The van der Waals surface area contributed by atoms with Gasteiger partial charge in [0, 0.05) is 29.1 Å². The van der Waals surface area contributed by atoms with Crippen LogP contribution < -0.4 is 9.46 Å². The van der Waals surface area contributed by atoms with Crippen molar-refractivity contribution in [3.8, 4) is 5.75 Å². The lowest BCUT2D eigenvalue weighted by Crippen LogP contribution is -2.33. The first-order valence-electron chi connectivity index (χ1n) is 7.38. The Morgan fingerprint density at radius 1 is 1.17 bits per heavy atom. The summed E-state index contributed by atoms with van der Waals surface area (Å²) >= 11 is 1.54. The predicted molar refractivity (Wildman–Crippen MR) is 95.1 cm³/mol. The Morgan fingerprint density at radius 2 is 1.87 bits per heavy atom. The SMILES string of the molecule is CSNc1cc(C)c2c(c1)OC(C)(C)N=C2c1ccc(F)cc1. The van der Waals surface area contributed by atoms with Gasteiger partial charge >= 0.3 is 0 Å². The molecule has 3 rings (SSSR count). The highest BCUT2D eigenvalue weighted by atomic mass is 32.2. The molecule has 0 aromatic heterocycles. The fourth-order valence-electron chi connectivity index (χ4n) is 2.75. The molecule has 0 unspecified atom stereocenters. The zero-order chi connectivity index (χ0) is 16.6. The van der Waals surface area contributed by atoms with Crippen molar-refractivity contribution in [2.45, 2.75) is 26.5 Å². The normalized spacial score (nSPS) is 15.4. The number of anilines is 1. The van der Waals surface area contributed by atoms with E-state index < -0.39 is 5.72 Å². The molecule has 0 radical (unpaired) electrons. The third kappa shape index (κ3) is 3.20. The molecule has 1 N–H and O–H groups in total. The molecule has 2 aromatic carbocycles. The largest absolute Gasteiger partial charge is 0.466 e. The summed E-state index contributed by atoms with van der Waals surface area (Å²) in [5, 5.41) is 0. The molecule has 3 nitrogen and oxygen atoms in total. The minimum atomic E-state index is -0.666. The summed E-state index contributed by atoms with van der Waals surface area (Å²) in [6.07, 6.45) is 1.98. The lowest BCUT2D eigenvalue weighted by atomic mass is 9.94. The Morgan fingerprint density at radius 3 is 2.52 bits per heavy atom. The molecule has 0 amide bonds. The van der Waals surface area contributed by atoms with Gasteiger partial charge in [0.15, 0.2) is 5.72 Å². The van der Waals surface area contributed by atoms with Crippen LogP contribution in [0, 0.1) is 12.7 Å². The van der Waals surface area contributed by atoms with Gasteiger partial charge in [-0.05, 0) is 56.7 Å². The number of ether oxygens (including phenoxy) is 1. The number of nitrogens with one attached hydrogen (secondary N) is 1. The quantitative estimate of drug-likeness (QED) is 0.822. The standard InChI is InChI=1S/C18H19FN2OS/c1-11-9-14(21-23-4)10-15-16(11)17(20-18(2,3)22-15)12-5-7-13(19)8-6-12/h5-10,21H,1-4H3. The van der Waals surface area contributed by atoms with Gasteiger partial charge in [0.2, 0.25) is 0 Å². The number of halogens is 1. The van der Waals surface area contributed by atoms with Crippen LogP contribution in [0.3, 0.4) is 0 Å². The van der Waals surface area contributed by atoms with Crippen LogP contribution in [0.2, 0.25) is 0 Å². The van der Waals surface area contributed by atoms with E-state index in [1.54, 1.807) is 12.1 Å². The summed E-state index contributed by atoms with van der Waals surface area (Å²) in [6.45, 7) is 5.87. The van der Waals surface area contributed by atoms with Crippen molar-refractivity contribution in [2.75, 3.05) is 11.0 Å². The van der Waals surface area contributed by atoms with E-state index in [4.69, 9.17) is 9.73 Å². The molecule has 1 aliphatic heterocycles. The molecular weight excluding hydrogens is 311 g/mol. The highest BCUT2D eigenvalue weighted by molar-refractivity contribution is 7.99. The molecule has 23 heavy (non-hydrogen) atoms. The van der Waals surface area contributed by atoms with Gasteiger partial charge in [-0.25, -0.2) is 9.38 Å². The smallest absolute Gasteiger partial charge is 0.195 e. The third-order valence-corrected chi connectivity index (χ3v) is 4.05. The van der Waals surface area contributed by atoms with E-state index in [0.29, 0.717) is 0 Å². The molecule has 0 atom stereocenters. The lowest BCUT2D eigenvalue weighted by molar-refractivity contribution is 0.115. The minimum absolute atomic E-state index is 0.253. The van der Waals surface area contributed by atoms with E-state index in [1.807, 2.05) is 33.1 Å². The van der Waals surface area contributed by atoms with Gasteiger partial charge in [-0.15, -0.1) is 0 Å². The first-order chi connectivity index (χ1) is 10.9. The summed E-state index contributed by atoms with van der Waals surface area (Å²) in [6, 6.07) is 10.5. The number of rotatable bonds is 3. The highest BCUT2D eigenvalue weighted by Crippen LogP contribution is 2.37. The third-order valence-electron chi connectivity index (χ3n) is 3.61. The first-order valence-corrected chi connectivity index (χ1v) is 8.61. The maximum absolute atomic E-state index is 13.2. The number of benzene rings is 2. The lowest BCUT2D eigenvalue weighted by Gasteiger charge is -2.31. The average Bonchev–Trinajstić information content (AvgIpc) is 2.46. The predicted octanol–water partition coefficient (Wildman–Crippen LogP) is 4.79.